The summed E-state index contributed by atoms with van der Waals surface area (Å²) in [6.45, 7) is 5.54. The highest BCUT2D eigenvalue weighted by Gasteiger charge is 2.45. The van der Waals surface area contributed by atoms with Crippen LogP contribution in [0.15, 0.2) is 66.7 Å². The number of nitrogens with one attached hydrogen (secondary N) is 2. The molecule has 24 heteroatoms. The molecule has 0 radical (unpaired) electrons. The molecule has 6 rings (SSSR count). The summed E-state index contributed by atoms with van der Waals surface area (Å²) in [4.78, 5) is 55.0. The van der Waals surface area contributed by atoms with E-state index in [0.29, 0.717) is 30.7 Å². The molecule has 1 aliphatic rings. The largest absolute Gasteiger partial charge is 0.525 e. The Kier molecular flexibility index (Phi) is 13.2. The van der Waals surface area contributed by atoms with Crippen LogP contribution in [0.25, 0.3) is 16.9 Å². The van der Waals surface area contributed by atoms with Gasteiger partial charge in [-0.15, -0.1) is 0 Å². The van der Waals surface area contributed by atoms with Crippen molar-refractivity contribution in [3.8, 4) is 22.7 Å². The standard InChI is InChI=1S/C41H37F8N6O9P/c1-5-22-8-7-9-23(6-2)34(22)54-35(27-19-53(39(3,4)36(27)52-54)18-24-11-12-25(40(44,45)46)15-28(24)41(47,48)49)26-16-30(43)31(17-29(26)42)50-37(56)51-38(57)63-20-21-10-13-33(64-65(60,61)62)32(14-21)55(58)59/h7-17H,5-6,18-20H2,1-4H3,(H2,60,61,62)(H2,50,51,56,57). The molecule has 4 aromatic carbocycles. The lowest BCUT2D eigenvalue weighted by atomic mass is 9.97. The smallest absolute Gasteiger partial charge is 0.444 e. The molecule has 0 bridgehead atoms. The van der Waals surface area contributed by atoms with Gasteiger partial charge in [0.25, 0.3) is 0 Å². The van der Waals surface area contributed by atoms with E-state index in [1.807, 2.05) is 37.4 Å². The molecule has 15 nitrogen and oxygen atoms in total. The number of phosphoric ester groups is 1. The number of alkyl carbamates (subject to hydrolysis) is 1. The fourth-order valence-corrected chi connectivity index (χ4v) is 7.84. The van der Waals surface area contributed by atoms with Gasteiger partial charge < -0.3 is 14.6 Å². The van der Waals surface area contributed by atoms with Crippen LogP contribution in [-0.4, -0.2) is 41.5 Å². The zero-order chi connectivity index (χ0) is 48.0. The molecule has 1 aliphatic heterocycles. The minimum Gasteiger partial charge on any atom is -0.444 e. The summed E-state index contributed by atoms with van der Waals surface area (Å²) in [6.07, 6.45) is -10.7. The number of rotatable bonds is 12. The number of para-hydroxylation sites is 1. The fourth-order valence-electron chi connectivity index (χ4n) is 7.43. The molecule has 5 aromatic rings. The first-order valence-corrected chi connectivity index (χ1v) is 20.8. The van der Waals surface area contributed by atoms with Gasteiger partial charge >= 0.3 is 38.0 Å². The number of nitrogens with zero attached hydrogens (tertiary/aromatic N) is 4. The number of fused-ring (bicyclic) bond motifs is 1. The van der Waals surface area contributed by atoms with Crippen LogP contribution in [0.2, 0.25) is 0 Å². The second-order valence-electron chi connectivity index (χ2n) is 15.1. The Balaban J connectivity index is 1.31. The average molecular weight is 941 g/mol. The number of aryl methyl sites for hydroxylation is 2. The Bertz CT molecular complexity index is 2730. The molecule has 65 heavy (non-hydrogen) atoms. The van der Waals surface area contributed by atoms with E-state index in [1.165, 1.54) is 9.58 Å². The van der Waals surface area contributed by atoms with Gasteiger partial charge in [-0.1, -0.05) is 44.2 Å². The van der Waals surface area contributed by atoms with E-state index in [-0.39, 0.29) is 40.7 Å². The molecular weight excluding hydrogens is 903 g/mol. The number of nitro groups is 1. The number of amides is 3. The molecule has 0 fully saturated rings. The van der Waals surface area contributed by atoms with Crippen LogP contribution in [0.5, 0.6) is 5.75 Å². The van der Waals surface area contributed by atoms with Gasteiger partial charge in [0, 0.05) is 36.3 Å². The van der Waals surface area contributed by atoms with E-state index < -0.39 is 101 Å². The Morgan fingerprint density at radius 3 is 2.17 bits per heavy atom. The highest BCUT2D eigenvalue weighted by atomic mass is 31.2. The molecular formula is C41H37F8N6O9P. The van der Waals surface area contributed by atoms with E-state index in [0.717, 1.165) is 41.5 Å². The molecule has 0 atom stereocenters. The molecule has 4 N–H and O–H groups in total. The van der Waals surface area contributed by atoms with Gasteiger partial charge in [-0.05, 0) is 73.2 Å². The number of urea groups is 1. The van der Waals surface area contributed by atoms with Gasteiger partial charge in [-0.2, -0.15) is 31.4 Å². The highest BCUT2D eigenvalue weighted by molar-refractivity contribution is 7.46. The molecule has 0 saturated heterocycles. The zero-order valence-electron chi connectivity index (χ0n) is 34.4. The Morgan fingerprint density at radius 2 is 1.58 bits per heavy atom. The van der Waals surface area contributed by atoms with Gasteiger partial charge in [0.2, 0.25) is 5.75 Å². The molecule has 3 amide bonds. The number of aromatic nitrogens is 2. The third-order valence-corrected chi connectivity index (χ3v) is 11.0. The second kappa shape index (κ2) is 17.9. The monoisotopic (exact) mass is 940 g/mol. The molecule has 346 valence electrons. The lowest BCUT2D eigenvalue weighted by molar-refractivity contribution is -0.385. The summed E-state index contributed by atoms with van der Waals surface area (Å²) in [7, 11) is -5.18. The molecule has 0 aliphatic carbocycles. The Hall–Kier alpha value is -6.42. The van der Waals surface area contributed by atoms with E-state index in [1.54, 1.807) is 19.2 Å². The lowest BCUT2D eigenvalue weighted by Crippen LogP contribution is -2.36. The Labute approximate surface area is 363 Å². The van der Waals surface area contributed by atoms with Crippen molar-refractivity contribution in [3.63, 3.8) is 0 Å². The van der Waals surface area contributed by atoms with Crippen LogP contribution in [0, 0.1) is 21.7 Å². The van der Waals surface area contributed by atoms with Crippen molar-refractivity contribution in [2.75, 3.05) is 5.32 Å². The van der Waals surface area contributed by atoms with Gasteiger partial charge in [0.1, 0.15) is 18.2 Å². The van der Waals surface area contributed by atoms with Crippen molar-refractivity contribution in [2.24, 2.45) is 0 Å². The predicted octanol–water partition coefficient (Wildman–Crippen LogP) is 10.1. The number of halogens is 8. The summed E-state index contributed by atoms with van der Waals surface area (Å²) in [6, 6.07) is 9.41. The third-order valence-electron chi connectivity index (χ3n) is 10.6. The molecule has 0 saturated carbocycles. The van der Waals surface area contributed by atoms with Crippen LogP contribution >= 0.6 is 7.82 Å². The summed E-state index contributed by atoms with van der Waals surface area (Å²) >= 11 is 0. The quantitative estimate of drug-likeness (QED) is 0.0402. The maximum atomic E-state index is 16.5. The number of hydrogen-bond acceptors (Lipinski definition) is 9. The highest BCUT2D eigenvalue weighted by Crippen LogP contribution is 2.47. The number of alkyl halides is 6. The van der Waals surface area contributed by atoms with Gasteiger partial charge in [0.15, 0.2) is 0 Å². The van der Waals surface area contributed by atoms with Crippen LogP contribution in [0.4, 0.5) is 56.1 Å². The van der Waals surface area contributed by atoms with Crippen LogP contribution in [0.3, 0.4) is 0 Å². The van der Waals surface area contributed by atoms with Gasteiger partial charge in [-0.25, -0.2) is 32.9 Å². The second-order valence-corrected chi connectivity index (χ2v) is 16.3. The Morgan fingerprint density at radius 1 is 0.923 bits per heavy atom. The normalized spacial score (nSPS) is 13.9. The number of benzene rings is 4. The van der Waals surface area contributed by atoms with Crippen LogP contribution < -0.4 is 15.2 Å². The number of carbonyl (C=O) groups excluding carboxylic acids is 2. The fraction of sp³-hybridized carbons (Fsp3) is 0.293. The van der Waals surface area contributed by atoms with Crippen molar-refractivity contribution in [1.82, 2.24) is 20.0 Å². The van der Waals surface area contributed by atoms with Crippen molar-refractivity contribution in [3.05, 3.63) is 133 Å². The summed E-state index contributed by atoms with van der Waals surface area (Å²) in [5.74, 6) is -3.12. The SMILES string of the molecule is CCc1cccc(CC)c1-n1nc2c(c1-c1cc(F)c(NC(=O)NC(=O)OCc3ccc(OP(=O)(O)O)c([N+](=O)[O-])c3)cc1F)CN(Cc1ccc(C(F)(F)F)cc1C(F)(F)F)C2(C)C. The van der Waals surface area contributed by atoms with Gasteiger partial charge in [0.05, 0.1) is 44.4 Å². The minimum atomic E-state index is -5.18. The topological polar surface area (TPSA) is 198 Å². The van der Waals surface area contributed by atoms with Crippen molar-refractivity contribution < 1.29 is 73.2 Å². The number of anilines is 1. The van der Waals surface area contributed by atoms with Gasteiger partial charge in [-0.3, -0.25) is 24.8 Å². The van der Waals surface area contributed by atoms with E-state index >= 15 is 8.78 Å². The van der Waals surface area contributed by atoms with Crippen molar-refractivity contribution in [1.29, 1.82) is 0 Å². The maximum Gasteiger partial charge on any atom is 0.525 e. The van der Waals surface area contributed by atoms with Crippen molar-refractivity contribution in [2.45, 2.75) is 78.1 Å². The van der Waals surface area contributed by atoms with Crippen LogP contribution in [0.1, 0.15) is 72.3 Å². The number of phosphoric acid groups is 1. The number of hydrogen-bond donors (Lipinski definition) is 4. The molecule has 1 aromatic heterocycles. The van der Waals surface area contributed by atoms with E-state index in [9.17, 15) is 50.6 Å². The first-order valence-electron chi connectivity index (χ1n) is 19.3. The first-order chi connectivity index (χ1) is 30.2. The lowest BCUT2D eigenvalue weighted by Gasteiger charge is -2.33. The number of imide groups is 1. The third kappa shape index (κ3) is 10.3. The summed E-state index contributed by atoms with van der Waals surface area (Å²) in [5, 5.41) is 20.0. The number of carbonyl (C=O) groups is 2. The summed E-state index contributed by atoms with van der Waals surface area (Å²) < 4.78 is 137. The number of ether oxygens (including phenoxy) is 1. The predicted molar refractivity (Wildman–Crippen MR) is 214 cm³/mol. The van der Waals surface area contributed by atoms with E-state index in [4.69, 9.17) is 19.6 Å². The average Bonchev–Trinajstić information content (AvgIpc) is 3.69. The zero-order valence-corrected chi connectivity index (χ0v) is 35.3. The maximum absolute atomic E-state index is 16.5. The van der Waals surface area contributed by atoms with Crippen LogP contribution in [-0.2, 0) is 59.7 Å². The molecule has 2 heterocycles. The first kappa shape index (κ1) is 48.0. The molecule has 0 unspecified atom stereocenters. The molecule has 0 spiro atoms. The van der Waals surface area contributed by atoms with E-state index in [2.05, 4.69) is 4.52 Å². The summed E-state index contributed by atoms with van der Waals surface area (Å²) in [5.41, 5.74) is -4.19. The number of nitro benzene ring substituents is 1. The van der Waals surface area contributed by atoms with Crippen molar-refractivity contribution >= 4 is 31.3 Å². The minimum absolute atomic E-state index is 0.00665.